The zero-order chi connectivity index (χ0) is 15.4. The highest BCUT2D eigenvalue weighted by atomic mass is 79.9. The van der Waals surface area contributed by atoms with E-state index in [2.05, 4.69) is 21.2 Å². The highest BCUT2D eigenvalue weighted by Crippen LogP contribution is 2.28. The maximum atomic E-state index is 12.5. The lowest BCUT2D eigenvalue weighted by Gasteiger charge is -2.21. The third kappa shape index (κ3) is 4.86. The minimum atomic E-state index is -0.0801. The summed E-state index contributed by atoms with van der Waals surface area (Å²) in [4.78, 5) is 12.5. The third-order valence-corrected chi connectivity index (χ3v) is 4.32. The second-order valence-electron chi connectivity index (χ2n) is 5.81. The van der Waals surface area contributed by atoms with Crippen molar-refractivity contribution in [1.29, 1.82) is 0 Å². The zero-order valence-electron chi connectivity index (χ0n) is 13.0. The van der Waals surface area contributed by atoms with E-state index in [1.54, 1.807) is 6.07 Å². The van der Waals surface area contributed by atoms with Crippen molar-refractivity contribution in [1.82, 2.24) is 5.32 Å². The first-order valence-electron chi connectivity index (χ1n) is 7.48. The van der Waals surface area contributed by atoms with Crippen molar-refractivity contribution in [3.05, 3.63) is 28.2 Å². The molecular formula is C16H24BrClN2O2. The predicted molar refractivity (Wildman–Crippen MR) is 94.8 cm³/mol. The summed E-state index contributed by atoms with van der Waals surface area (Å²) >= 11 is 3.42. The standard InChI is InChI=1S/C16H23BrN2O2.ClH/c1-10(2)21-15-8-12(17)6-7-13(15)16(20)19-14-5-3-4-11(14)9-18;/h6-8,10-11,14H,3-5,9,18H2,1-2H3,(H,19,20);1H. The summed E-state index contributed by atoms with van der Waals surface area (Å²) in [5, 5.41) is 3.12. The van der Waals surface area contributed by atoms with Crippen molar-refractivity contribution in [3.63, 3.8) is 0 Å². The number of amides is 1. The average Bonchev–Trinajstić information content (AvgIpc) is 2.85. The Balaban J connectivity index is 0.00000242. The number of halogens is 2. The molecule has 2 rings (SSSR count). The van der Waals surface area contributed by atoms with Crippen LogP contribution in [0.3, 0.4) is 0 Å². The Labute approximate surface area is 146 Å². The van der Waals surface area contributed by atoms with E-state index in [-0.39, 0.29) is 30.5 Å². The summed E-state index contributed by atoms with van der Waals surface area (Å²) < 4.78 is 6.65. The summed E-state index contributed by atoms with van der Waals surface area (Å²) in [6.07, 6.45) is 3.25. The second-order valence-corrected chi connectivity index (χ2v) is 6.73. The Hall–Kier alpha value is -0.780. The van der Waals surface area contributed by atoms with Gasteiger partial charge in [0.2, 0.25) is 0 Å². The van der Waals surface area contributed by atoms with Crippen molar-refractivity contribution >= 4 is 34.2 Å². The van der Waals surface area contributed by atoms with Gasteiger partial charge in [-0.2, -0.15) is 0 Å². The van der Waals surface area contributed by atoms with Crippen LogP contribution >= 0.6 is 28.3 Å². The molecule has 0 spiro atoms. The van der Waals surface area contributed by atoms with E-state index >= 15 is 0 Å². The van der Waals surface area contributed by atoms with Crippen molar-refractivity contribution in [3.8, 4) is 5.75 Å². The molecular weight excluding hydrogens is 368 g/mol. The van der Waals surface area contributed by atoms with E-state index in [1.165, 1.54) is 0 Å². The molecule has 1 fully saturated rings. The summed E-state index contributed by atoms with van der Waals surface area (Å²) in [5.74, 6) is 0.918. The second kappa shape index (κ2) is 8.75. The van der Waals surface area contributed by atoms with Gasteiger partial charge in [0.25, 0.3) is 5.91 Å². The first-order chi connectivity index (χ1) is 10.0. The topological polar surface area (TPSA) is 64.3 Å². The molecule has 2 unspecified atom stereocenters. The van der Waals surface area contributed by atoms with Crippen LogP contribution in [0.1, 0.15) is 43.5 Å². The largest absolute Gasteiger partial charge is 0.490 e. The molecule has 4 nitrogen and oxygen atoms in total. The fourth-order valence-electron chi connectivity index (χ4n) is 2.79. The van der Waals surface area contributed by atoms with E-state index in [9.17, 15) is 4.79 Å². The lowest BCUT2D eigenvalue weighted by atomic mass is 10.0. The Kier molecular flexibility index (Phi) is 7.66. The van der Waals surface area contributed by atoms with Gasteiger partial charge in [0.05, 0.1) is 11.7 Å². The van der Waals surface area contributed by atoms with Crippen LogP contribution in [-0.4, -0.2) is 24.6 Å². The molecule has 124 valence electrons. The van der Waals surface area contributed by atoms with Gasteiger partial charge in [0, 0.05) is 10.5 Å². The van der Waals surface area contributed by atoms with Crippen LogP contribution in [0, 0.1) is 5.92 Å². The van der Waals surface area contributed by atoms with Crippen LogP contribution in [0.25, 0.3) is 0 Å². The molecule has 0 aliphatic heterocycles. The van der Waals surface area contributed by atoms with Gasteiger partial charge in [-0.25, -0.2) is 0 Å². The van der Waals surface area contributed by atoms with E-state index in [0.29, 0.717) is 23.8 Å². The number of hydrogen-bond acceptors (Lipinski definition) is 3. The lowest BCUT2D eigenvalue weighted by Crippen LogP contribution is -2.40. The molecule has 6 heteroatoms. The highest BCUT2D eigenvalue weighted by molar-refractivity contribution is 9.10. The van der Waals surface area contributed by atoms with Crippen molar-refractivity contribution in [2.75, 3.05) is 6.54 Å². The molecule has 2 atom stereocenters. The maximum absolute atomic E-state index is 12.5. The number of carbonyl (C=O) groups excluding carboxylic acids is 1. The van der Waals surface area contributed by atoms with E-state index in [1.807, 2.05) is 26.0 Å². The smallest absolute Gasteiger partial charge is 0.255 e. The predicted octanol–water partition coefficient (Wildman–Crippen LogP) is 3.52. The van der Waals surface area contributed by atoms with E-state index in [4.69, 9.17) is 10.5 Å². The molecule has 1 amide bonds. The Morgan fingerprint density at radius 2 is 2.18 bits per heavy atom. The summed E-state index contributed by atoms with van der Waals surface area (Å²) in [6, 6.07) is 5.67. The fraction of sp³-hybridized carbons (Fsp3) is 0.562. The molecule has 0 aromatic heterocycles. The SMILES string of the molecule is CC(C)Oc1cc(Br)ccc1C(=O)NC1CCCC1CN.Cl. The summed E-state index contributed by atoms with van der Waals surface area (Å²) in [7, 11) is 0. The number of hydrogen-bond donors (Lipinski definition) is 2. The lowest BCUT2D eigenvalue weighted by molar-refractivity contribution is 0.0923. The average molecular weight is 392 g/mol. The van der Waals surface area contributed by atoms with Crippen molar-refractivity contribution in [2.45, 2.75) is 45.3 Å². The third-order valence-electron chi connectivity index (χ3n) is 3.83. The minimum absolute atomic E-state index is 0. The molecule has 0 heterocycles. The Bertz CT molecular complexity index is 511. The molecule has 0 radical (unpaired) electrons. The van der Waals surface area contributed by atoms with Crippen LogP contribution in [0.15, 0.2) is 22.7 Å². The van der Waals surface area contributed by atoms with Gasteiger partial charge in [-0.3, -0.25) is 4.79 Å². The minimum Gasteiger partial charge on any atom is -0.490 e. The summed E-state index contributed by atoms with van der Waals surface area (Å²) in [5.41, 5.74) is 6.35. The quantitative estimate of drug-likeness (QED) is 0.807. The zero-order valence-corrected chi connectivity index (χ0v) is 15.4. The van der Waals surface area contributed by atoms with Crippen molar-refractivity contribution in [2.24, 2.45) is 11.7 Å². The Morgan fingerprint density at radius 1 is 1.45 bits per heavy atom. The first-order valence-corrected chi connectivity index (χ1v) is 8.27. The van der Waals surface area contributed by atoms with Gasteiger partial charge in [0.15, 0.2) is 0 Å². The number of benzene rings is 1. The van der Waals surface area contributed by atoms with Crippen LogP contribution < -0.4 is 15.8 Å². The number of ether oxygens (including phenoxy) is 1. The molecule has 1 aromatic carbocycles. The van der Waals surface area contributed by atoms with Gasteiger partial charge in [0.1, 0.15) is 5.75 Å². The number of nitrogens with two attached hydrogens (primary N) is 1. The van der Waals surface area contributed by atoms with E-state index in [0.717, 1.165) is 23.7 Å². The molecule has 1 aliphatic rings. The molecule has 1 aromatic rings. The molecule has 3 N–H and O–H groups in total. The normalized spacial score (nSPS) is 20.6. The number of nitrogens with one attached hydrogen (secondary N) is 1. The van der Waals surface area contributed by atoms with Gasteiger partial charge in [-0.05, 0) is 57.4 Å². The van der Waals surface area contributed by atoms with Crippen LogP contribution in [-0.2, 0) is 0 Å². The molecule has 1 saturated carbocycles. The van der Waals surface area contributed by atoms with Gasteiger partial charge in [-0.1, -0.05) is 22.4 Å². The fourth-order valence-corrected chi connectivity index (χ4v) is 3.13. The Morgan fingerprint density at radius 3 is 2.82 bits per heavy atom. The molecule has 1 aliphatic carbocycles. The van der Waals surface area contributed by atoms with Crippen molar-refractivity contribution < 1.29 is 9.53 Å². The monoisotopic (exact) mass is 390 g/mol. The van der Waals surface area contributed by atoms with Crippen LogP contribution in [0.5, 0.6) is 5.75 Å². The molecule has 0 bridgehead atoms. The van der Waals surface area contributed by atoms with Gasteiger partial charge < -0.3 is 15.8 Å². The first kappa shape index (κ1) is 19.3. The number of rotatable bonds is 5. The number of carbonyl (C=O) groups is 1. The van der Waals surface area contributed by atoms with Gasteiger partial charge >= 0.3 is 0 Å². The molecule has 0 saturated heterocycles. The molecule has 22 heavy (non-hydrogen) atoms. The van der Waals surface area contributed by atoms with Gasteiger partial charge in [-0.15, -0.1) is 12.4 Å². The van der Waals surface area contributed by atoms with Crippen LogP contribution in [0.2, 0.25) is 0 Å². The highest BCUT2D eigenvalue weighted by Gasteiger charge is 2.28. The summed E-state index contributed by atoms with van der Waals surface area (Å²) in [6.45, 7) is 4.52. The van der Waals surface area contributed by atoms with E-state index < -0.39 is 0 Å². The maximum Gasteiger partial charge on any atom is 0.255 e. The van der Waals surface area contributed by atoms with Crippen LogP contribution in [0.4, 0.5) is 0 Å².